The number of hydrogen-bond donors (Lipinski definition) is 8. The largest absolute Gasteiger partial charge is 4.00 e. The topological polar surface area (TPSA) is 322 Å². The van der Waals surface area contributed by atoms with Crippen molar-refractivity contribution in [1.82, 2.24) is 0 Å². The molecule has 0 rings (SSSR count). The summed E-state index contributed by atoms with van der Waals surface area (Å²) >= 11 is 0. The third kappa shape index (κ3) is 6070. The van der Waals surface area contributed by atoms with Crippen LogP contribution in [0.3, 0.4) is 0 Å². The van der Waals surface area contributed by atoms with Crippen molar-refractivity contribution in [1.29, 1.82) is 0 Å². The van der Waals surface area contributed by atoms with Crippen LogP contribution in [-0.2, 0) is 39.3 Å². The summed E-state index contributed by atoms with van der Waals surface area (Å²) in [7, 11) is -19.6. The molecule has 130 valence electrons. The third-order valence-corrected chi connectivity index (χ3v) is 0. The molecule has 0 unspecified atom stereocenters. The second-order valence-corrected chi connectivity index (χ2v) is 5.89. The van der Waals surface area contributed by atoms with Gasteiger partial charge in [0.1, 0.15) is 0 Å². The van der Waals surface area contributed by atoms with Gasteiger partial charge in [-0.05, 0) is 0 Å². The molecule has 0 saturated heterocycles. The fourth-order valence-electron chi connectivity index (χ4n) is 0. The Hall–Kier alpha value is 1.13. The zero-order valence-electron chi connectivity index (χ0n) is 9.04. The number of hydrogen-bond acceptors (Lipinski definition) is 8. The predicted molar refractivity (Wildman–Crippen MR) is 48.2 cm³/mol. The Morgan fingerprint density at radius 3 is 0.429 bits per heavy atom. The molecule has 0 spiro atoms. The van der Waals surface area contributed by atoms with Crippen molar-refractivity contribution in [2.24, 2.45) is 0 Å². The van der Waals surface area contributed by atoms with Crippen molar-refractivity contribution in [3.63, 3.8) is 0 Å². The maximum absolute atomic E-state index is 8.77. The summed E-state index contributed by atoms with van der Waals surface area (Å²) in [6.45, 7) is 0. The van der Waals surface area contributed by atoms with Crippen LogP contribution in [0.25, 0.3) is 0 Å². The van der Waals surface area contributed by atoms with Gasteiger partial charge in [-0.25, -0.2) is 0 Å². The Bertz CT molecular complexity index is 285. The van der Waals surface area contributed by atoms with E-state index < -0.39 is 31.3 Å². The van der Waals surface area contributed by atoms with Crippen LogP contribution < -0.4 is 19.6 Å². The minimum atomic E-state index is -4.89. The van der Waals surface area contributed by atoms with E-state index in [1.807, 2.05) is 0 Å². The van der Waals surface area contributed by atoms with Crippen molar-refractivity contribution >= 4 is 31.3 Å². The van der Waals surface area contributed by atoms with Gasteiger partial charge < -0.3 is 58.7 Å². The molecule has 21 heavy (non-hydrogen) atoms. The van der Waals surface area contributed by atoms with Gasteiger partial charge in [-0.2, -0.15) is 0 Å². The Balaban J connectivity index is -0.0000000533. The van der Waals surface area contributed by atoms with Crippen LogP contribution in [0.5, 0.6) is 0 Å². The summed E-state index contributed by atoms with van der Waals surface area (Å²) in [5.41, 5.74) is 0. The van der Waals surface area contributed by atoms with Crippen molar-refractivity contribution in [3.8, 4) is 0 Å². The first-order valence-electron chi connectivity index (χ1n) is 3.06. The van der Waals surface area contributed by atoms with E-state index >= 15 is 0 Å². The van der Waals surface area contributed by atoms with E-state index in [-0.39, 0.29) is 21.1 Å². The second kappa shape index (κ2) is 13.6. The molecule has 21 heteroatoms. The fraction of sp³-hybridized carbons (Fsp3) is 0. The van der Waals surface area contributed by atoms with Crippen LogP contribution in [0.2, 0.25) is 0 Å². The Morgan fingerprint density at radius 1 is 0.429 bits per heavy atom. The fourth-order valence-corrected chi connectivity index (χ4v) is 0. The van der Waals surface area contributed by atoms with Crippen LogP contribution in [0, 0.1) is 0 Å². The van der Waals surface area contributed by atoms with Crippen LogP contribution >= 0.6 is 31.3 Å². The van der Waals surface area contributed by atoms with Gasteiger partial charge in [0.05, 0.1) is 0 Å². The average Bonchev–Trinajstić information content (AvgIpc) is 1.62. The van der Waals surface area contributed by atoms with Gasteiger partial charge in [-0.3, -0.25) is 18.3 Å². The second-order valence-electron chi connectivity index (χ2n) is 1.96. The van der Waals surface area contributed by atoms with Gasteiger partial charge in [-0.1, -0.05) is 0 Å². The molecule has 0 amide bonds. The zero-order chi connectivity index (χ0) is 18.0. The third-order valence-electron chi connectivity index (χ3n) is 0. The minimum Gasteiger partial charge on any atom is -0.756 e. The van der Waals surface area contributed by atoms with Gasteiger partial charge in [0.2, 0.25) is 0 Å². The van der Waals surface area contributed by atoms with Crippen LogP contribution in [0.1, 0.15) is 0 Å². The predicted octanol–water partition coefficient (Wildman–Crippen LogP) is -6.24. The Labute approximate surface area is 130 Å². The molecule has 0 aromatic heterocycles. The monoisotopic (exact) mass is 486 g/mol. The van der Waals surface area contributed by atoms with Gasteiger partial charge in [0.25, 0.3) is 31.3 Å². The van der Waals surface area contributed by atoms with Crippen molar-refractivity contribution in [2.45, 2.75) is 0 Å². The molecule has 0 heterocycles. The standard InChI is InChI=1S/Mo.4H3O4P/c;4*1-5(2,3)4/h;4*(H3,1,2,3,4)/q+4;;;;/p-4. The Kier molecular flexibility index (Phi) is 21.7. The molecule has 8 N–H and O–H groups in total. The zero-order valence-corrected chi connectivity index (χ0v) is 14.6. The van der Waals surface area contributed by atoms with Gasteiger partial charge in [-0.15, -0.1) is 0 Å². The van der Waals surface area contributed by atoms with E-state index in [9.17, 15) is 0 Å². The first-order chi connectivity index (χ1) is 8.00. The maximum atomic E-state index is 8.77. The normalized spacial score (nSPS) is 11.2. The molecule has 0 aromatic carbocycles. The molecule has 0 aliphatic rings. The molecule has 0 saturated carbocycles. The molecule has 0 aliphatic heterocycles. The SMILES string of the molecule is O=P([O-])(O)O.O=P([O-])(O)O.O=P([O-])(O)O.O=P([O-])(O)O.[Mo+4]. The van der Waals surface area contributed by atoms with Gasteiger partial charge in [0.15, 0.2) is 0 Å². The summed E-state index contributed by atoms with van der Waals surface area (Å²) in [6.07, 6.45) is 0. The summed E-state index contributed by atoms with van der Waals surface area (Å²) < 4.78 is 35.1. The molecule has 0 radical (unpaired) electrons. The van der Waals surface area contributed by atoms with E-state index in [4.69, 9.17) is 77.0 Å². The van der Waals surface area contributed by atoms with E-state index in [2.05, 4.69) is 0 Å². The number of phosphoric acid groups is 4. The molecule has 0 aliphatic carbocycles. The summed E-state index contributed by atoms with van der Waals surface area (Å²) in [5, 5.41) is 0. The summed E-state index contributed by atoms with van der Waals surface area (Å²) in [6, 6.07) is 0. The van der Waals surface area contributed by atoms with Gasteiger partial charge in [0, 0.05) is 0 Å². The quantitative estimate of drug-likeness (QED) is 0.117. The van der Waals surface area contributed by atoms with Crippen molar-refractivity contribution in [3.05, 3.63) is 0 Å². The van der Waals surface area contributed by atoms with E-state index in [1.54, 1.807) is 0 Å². The first kappa shape index (κ1) is 33.7. The molecule has 0 atom stereocenters. The molecular weight excluding hydrogens is 476 g/mol. The molecule has 0 fully saturated rings. The average molecular weight is 484 g/mol. The molecule has 0 aromatic rings. The molecular formula is H8MoO16P4. The molecule has 16 nitrogen and oxygen atoms in total. The van der Waals surface area contributed by atoms with Crippen LogP contribution in [-0.4, -0.2) is 39.1 Å². The summed E-state index contributed by atoms with van der Waals surface area (Å²) in [5.74, 6) is 0. The van der Waals surface area contributed by atoms with Crippen molar-refractivity contribution in [2.75, 3.05) is 0 Å². The van der Waals surface area contributed by atoms with E-state index in [0.717, 1.165) is 0 Å². The molecule has 0 bridgehead atoms. The summed E-state index contributed by atoms with van der Waals surface area (Å²) in [4.78, 5) is 91.7. The van der Waals surface area contributed by atoms with E-state index in [1.165, 1.54) is 0 Å². The van der Waals surface area contributed by atoms with Crippen molar-refractivity contribution < 1.29 is 98.0 Å². The number of rotatable bonds is 0. The van der Waals surface area contributed by atoms with Crippen LogP contribution in [0.4, 0.5) is 0 Å². The maximum Gasteiger partial charge on any atom is 4.00 e. The minimum absolute atomic E-state index is 0. The smallest absolute Gasteiger partial charge is 0.756 e. The van der Waals surface area contributed by atoms with E-state index in [0.29, 0.717) is 0 Å². The Morgan fingerprint density at radius 2 is 0.429 bits per heavy atom. The van der Waals surface area contributed by atoms with Crippen LogP contribution in [0.15, 0.2) is 0 Å². The first-order valence-corrected chi connectivity index (χ1v) is 9.18. The van der Waals surface area contributed by atoms with Gasteiger partial charge >= 0.3 is 21.1 Å².